The number of rotatable bonds is 3. The average Bonchev–Trinajstić information content (AvgIpc) is 2.80. The van der Waals surface area contributed by atoms with Crippen molar-refractivity contribution in [2.24, 2.45) is 0 Å². The van der Waals surface area contributed by atoms with Crippen molar-refractivity contribution in [3.05, 3.63) is 42.0 Å². The number of aryl methyl sites for hydroxylation is 1. The summed E-state index contributed by atoms with van der Waals surface area (Å²) in [6.07, 6.45) is 3.72. The fraction of sp³-hybridized carbons (Fsp3) is 0.231. The van der Waals surface area contributed by atoms with Gasteiger partial charge in [-0.3, -0.25) is 4.68 Å². The molecule has 0 saturated carbocycles. The molecule has 3 nitrogen and oxygen atoms in total. The van der Waals surface area contributed by atoms with Crippen LogP contribution in [0.15, 0.2) is 30.6 Å². The molecule has 0 saturated heterocycles. The van der Waals surface area contributed by atoms with E-state index >= 15 is 0 Å². The van der Waals surface area contributed by atoms with Gasteiger partial charge in [-0.25, -0.2) is 4.39 Å². The summed E-state index contributed by atoms with van der Waals surface area (Å²) in [6, 6.07) is 6.78. The summed E-state index contributed by atoms with van der Waals surface area (Å²) in [5, 5.41) is 12.7. The van der Waals surface area contributed by atoms with Gasteiger partial charge in [0.05, 0.1) is 18.7 Å². The molecule has 1 heterocycles. The Morgan fingerprint density at radius 2 is 2.29 bits per heavy atom. The van der Waals surface area contributed by atoms with Gasteiger partial charge in [0, 0.05) is 23.9 Å². The Morgan fingerprint density at radius 3 is 2.94 bits per heavy atom. The summed E-state index contributed by atoms with van der Waals surface area (Å²) in [5.74, 6) is -0.289. The molecule has 2 aromatic rings. The lowest BCUT2D eigenvalue weighted by Gasteiger charge is -2.02. The van der Waals surface area contributed by atoms with Crippen LogP contribution in [-0.4, -0.2) is 9.78 Å². The molecule has 0 fully saturated rings. The van der Waals surface area contributed by atoms with Crippen LogP contribution in [0.5, 0.6) is 0 Å². The van der Waals surface area contributed by atoms with Gasteiger partial charge in [-0.2, -0.15) is 10.4 Å². The second-order valence-corrected chi connectivity index (χ2v) is 3.73. The number of hydrogen-bond acceptors (Lipinski definition) is 2. The topological polar surface area (TPSA) is 41.6 Å². The Balaban J connectivity index is 2.43. The van der Waals surface area contributed by atoms with Crippen LogP contribution in [-0.2, 0) is 13.0 Å². The maximum atomic E-state index is 13.7. The van der Waals surface area contributed by atoms with Crippen LogP contribution in [0.4, 0.5) is 4.39 Å². The van der Waals surface area contributed by atoms with E-state index in [1.807, 2.05) is 6.92 Å². The van der Waals surface area contributed by atoms with Crippen LogP contribution in [0.1, 0.15) is 12.5 Å². The summed E-state index contributed by atoms with van der Waals surface area (Å²) >= 11 is 0. The lowest BCUT2D eigenvalue weighted by molar-refractivity contribution is 0.630. The number of nitrogens with zero attached hydrogens (tertiary/aromatic N) is 3. The van der Waals surface area contributed by atoms with E-state index in [-0.39, 0.29) is 12.2 Å². The predicted molar refractivity (Wildman–Crippen MR) is 62.6 cm³/mol. The molecule has 4 heteroatoms. The van der Waals surface area contributed by atoms with E-state index in [9.17, 15) is 4.39 Å². The molecule has 0 aliphatic rings. The highest BCUT2D eigenvalue weighted by molar-refractivity contribution is 5.63. The highest BCUT2D eigenvalue weighted by atomic mass is 19.1. The molecule has 86 valence electrons. The Morgan fingerprint density at radius 1 is 1.47 bits per heavy atom. The van der Waals surface area contributed by atoms with Crippen molar-refractivity contribution >= 4 is 0 Å². The van der Waals surface area contributed by atoms with Crippen molar-refractivity contribution in [2.45, 2.75) is 19.9 Å². The molecule has 17 heavy (non-hydrogen) atoms. The minimum atomic E-state index is -0.289. The van der Waals surface area contributed by atoms with E-state index in [1.54, 1.807) is 29.2 Å². The van der Waals surface area contributed by atoms with Gasteiger partial charge < -0.3 is 0 Å². The quantitative estimate of drug-likeness (QED) is 0.812. The van der Waals surface area contributed by atoms with Crippen LogP contribution in [0.2, 0.25) is 0 Å². The molecule has 0 radical (unpaired) electrons. The fourth-order valence-corrected chi connectivity index (χ4v) is 1.67. The standard InChI is InChI=1S/C13H12FN3/c1-2-17-9-11(8-16-17)12-7-10(5-6-15)3-4-13(12)14/h3-4,7-9H,2,5H2,1H3. The minimum Gasteiger partial charge on any atom is -0.272 e. The lowest BCUT2D eigenvalue weighted by Crippen LogP contribution is -1.92. The van der Waals surface area contributed by atoms with Gasteiger partial charge in [-0.15, -0.1) is 0 Å². The molecule has 1 aromatic heterocycles. The fourth-order valence-electron chi connectivity index (χ4n) is 1.67. The first kappa shape index (κ1) is 11.3. The third kappa shape index (κ3) is 2.34. The van der Waals surface area contributed by atoms with Crippen LogP contribution >= 0.6 is 0 Å². The Kier molecular flexibility index (Phi) is 3.20. The SMILES string of the molecule is CCn1cc(-c2cc(CC#N)ccc2F)cn1. The lowest BCUT2D eigenvalue weighted by atomic mass is 10.0. The van der Waals surface area contributed by atoms with Gasteiger partial charge in [0.2, 0.25) is 0 Å². The van der Waals surface area contributed by atoms with Crippen molar-refractivity contribution < 1.29 is 4.39 Å². The zero-order valence-corrected chi connectivity index (χ0v) is 9.52. The normalized spacial score (nSPS) is 10.2. The molecule has 0 N–H and O–H groups in total. The van der Waals surface area contributed by atoms with Gasteiger partial charge in [0.1, 0.15) is 5.82 Å². The van der Waals surface area contributed by atoms with E-state index in [2.05, 4.69) is 11.2 Å². The summed E-state index contributed by atoms with van der Waals surface area (Å²) in [4.78, 5) is 0. The Labute approximate surface area is 99.1 Å². The highest BCUT2D eigenvalue weighted by Gasteiger charge is 2.08. The van der Waals surface area contributed by atoms with E-state index in [0.29, 0.717) is 5.56 Å². The molecular weight excluding hydrogens is 217 g/mol. The van der Waals surface area contributed by atoms with Gasteiger partial charge in [-0.1, -0.05) is 6.07 Å². The van der Waals surface area contributed by atoms with Gasteiger partial charge in [0.25, 0.3) is 0 Å². The van der Waals surface area contributed by atoms with Crippen molar-refractivity contribution in [2.75, 3.05) is 0 Å². The van der Waals surface area contributed by atoms with Crippen LogP contribution in [0.3, 0.4) is 0 Å². The maximum Gasteiger partial charge on any atom is 0.131 e. The number of benzene rings is 1. The first-order chi connectivity index (χ1) is 8.24. The molecule has 0 atom stereocenters. The molecule has 2 rings (SSSR count). The number of halogens is 1. The molecule has 0 bridgehead atoms. The van der Waals surface area contributed by atoms with E-state index in [4.69, 9.17) is 5.26 Å². The second kappa shape index (κ2) is 4.79. The Bertz CT molecular complexity index is 566. The highest BCUT2D eigenvalue weighted by Crippen LogP contribution is 2.23. The van der Waals surface area contributed by atoms with Crippen LogP contribution in [0.25, 0.3) is 11.1 Å². The predicted octanol–water partition coefficient (Wildman–Crippen LogP) is 2.78. The summed E-state index contributed by atoms with van der Waals surface area (Å²) in [5.41, 5.74) is 2.05. The first-order valence-corrected chi connectivity index (χ1v) is 5.42. The molecule has 0 aliphatic carbocycles. The summed E-state index contributed by atoms with van der Waals surface area (Å²) in [6.45, 7) is 2.72. The van der Waals surface area contributed by atoms with Crippen molar-refractivity contribution in [1.82, 2.24) is 9.78 Å². The molecular formula is C13H12FN3. The monoisotopic (exact) mass is 229 g/mol. The molecule has 0 aliphatic heterocycles. The van der Waals surface area contributed by atoms with E-state index in [1.165, 1.54) is 6.07 Å². The first-order valence-electron chi connectivity index (χ1n) is 5.42. The molecule has 1 aromatic carbocycles. The summed E-state index contributed by atoms with van der Waals surface area (Å²) < 4.78 is 15.4. The summed E-state index contributed by atoms with van der Waals surface area (Å²) in [7, 11) is 0. The van der Waals surface area contributed by atoms with Crippen molar-refractivity contribution in [3.63, 3.8) is 0 Å². The van der Waals surface area contributed by atoms with Crippen LogP contribution in [0, 0.1) is 17.1 Å². The zero-order chi connectivity index (χ0) is 12.3. The molecule has 0 unspecified atom stereocenters. The number of aromatic nitrogens is 2. The van der Waals surface area contributed by atoms with Gasteiger partial charge in [-0.05, 0) is 24.6 Å². The number of hydrogen-bond donors (Lipinski definition) is 0. The molecule has 0 spiro atoms. The average molecular weight is 229 g/mol. The van der Waals surface area contributed by atoms with E-state index < -0.39 is 0 Å². The van der Waals surface area contributed by atoms with Crippen molar-refractivity contribution in [1.29, 1.82) is 5.26 Å². The number of nitriles is 1. The second-order valence-electron chi connectivity index (χ2n) is 3.73. The molecule has 0 amide bonds. The maximum absolute atomic E-state index is 13.7. The van der Waals surface area contributed by atoms with Gasteiger partial charge in [0.15, 0.2) is 0 Å². The largest absolute Gasteiger partial charge is 0.272 e. The Hall–Kier alpha value is -2.15. The van der Waals surface area contributed by atoms with E-state index in [0.717, 1.165) is 17.7 Å². The van der Waals surface area contributed by atoms with Crippen LogP contribution < -0.4 is 0 Å². The van der Waals surface area contributed by atoms with Gasteiger partial charge >= 0.3 is 0 Å². The third-order valence-electron chi connectivity index (χ3n) is 2.58. The smallest absolute Gasteiger partial charge is 0.131 e. The third-order valence-corrected chi connectivity index (χ3v) is 2.58. The minimum absolute atomic E-state index is 0.287. The zero-order valence-electron chi connectivity index (χ0n) is 9.52. The van der Waals surface area contributed by atoms with Crippen molar-refractivity contribution in [3.8, 4) is 17.2 Å².